The number of carbonyl (C=O) groups excluding carboxylic acids is 2. The van der Waals surface area contributed by atoms with Gasteiger partial charge in [0.05, 0.1) is 11.4 Å². The minimum absolute atomic E-state index is 0.185. The molecule has 2 amide bonds. The minimum atomic E-state index is -0.861. The quantitative estimate of drug-likeness (QED) is 0.531. The summed E-state index contributed by atoms with van der Waals surface area (Å²) in [6.07, 6.45) is 0. The highest BCUT2D eigenvalue weighted by molar-refractivity contribution is 8.00. The lowest BCUT2D eigenvalue weighted by Crippen LogP contribution is -2.29. The number of benzene rings is 3. The summed E-state index contributed by atoms with van der Waals surface area (Å²) < 4.78 is 14.4. The summed E-state index contributed by atoms with van der Waals surface area (Å²) >= 11 is 7.74. The summed E-state index contributed by atoms with van der Waals surface area (Å²) in [6.45, 7) is 0. The first kappa shape index (κ1) is 20.4. The third kappa shape index (κ3) is 4.06. The summed E-state index contributed by atoms with van der Waals surface area (Å²) in [5.74, 6) is -0.800. The van der Waals surface area contributed by atoms with E-state index in [0.29, 0.717) is 16.8 Å². The summed E-state index contributed by atoms with van der Waals surface area (Å²) in [5.41, 5.74) is 2.16. The first-order valence-electron chi connectivity index (χ1n) is 9.33. The molecular weight excluding hydrogens is 423 g/mol. The van der Waals surface area contributed by atoms with E-state index in [1.807, 2.05) is 30.3 Å². The molecule has 4 nitrogen and oxygen atoms in total. The number of carbonyl (C=O) groups is 2. The highest BCUT2D eigenvalue weighted by atomic mass is 35.5. The van der Waals surface area contributed by atoms with Gasteiger partial charge in [0.1, 0.15) is 16.6 Å². The Morgan fingerprint density at radius 2 is 1.70 bits per heavy atom. The van der Waals surface area contributed by atoms with Crippen LogP contribution in [0, 0.1) is 5.82 Å². The molecule has 30 heavy (non-hydrogen) atoms. The maximum Gasteiger partial charge on any atom is 0.246 e. The molecule has 1 heterocycles. The third-order valence-electron chi connectivity index (χ3n) is 4.79. The zero-order chi connectivity index (χ0) is 21.1. The largest absolute Gasteiger partial charge is 0.324 e. The predicted molar refractivity (Wildman–Crippen MR) is 119 cm³/mol. The van der Waals surface area contributed by atoms with Crippen molar-refractivity contribution in [1.29, 1.82) is 0 Å². The molecule has 0 bridgehead atoms. The Bertz CT molecular complexity index is 1080. The van der Waals surface area contributed by atoms with Crippen LogP contribution in [0.15, 0.2) is 78.9 Å². The van der Waals surface area contributed by atoms with Crippen molar-refractivity contribution in [3.05, 3.63) is 95.8 Å². The van der Waals surface area contributed by atoms with E-state index in [2.05, 4.69) is 5.32 Å². The zero-order valence-corrected chi connectivity index (χ0v) is 17.4. The Morgan fingerprint density at radius 3 is 2.47 bits per heavy atom. The van der Waals surface area contributed by atoms with Crippen molar-refractivity contribution in [2.24, 2.45) is 0 Å². The summed E-state index contributed by atoms with van der Waals surface area (Å²) in [6, 6.07) is 22.4. The molecule has 0 spiro atoms. The highest BCUT2D eigenvalue weighted by Gasteiger charge is 2.36. The van der Waals surface area contributed by atoms with Gasteiger partial charge in [-0.05, 0) is 23.8 Å². The molecule has 2 unspecified atom stereocenters. The van der Waals surface area contributed by atoms with Crippen molar-refractivity contribution in [2.45, 2.75) is 10.8 Å². The smallest absolute Gasteiger partial charge is 0.246 e. The van der Waals surface area contributed by atoms with Crippen LogP contribution in [-0.4, -0.2) is 17.6 Å². The van der Waals surface area contributed by atoms with E-state index in [9.17, 15) is 14.0 Å². The predicted octanol–water partition coefficient (Wildman–Crippen LogP) is 5.52. The van der Waals surface area contributed by atoms with Gasteiger partial charge in [-0.2, -0.15) is 0 Å². The average Bonchev–Trinajstić information content (AvgIpc) is 3.15. The first-order chi connectivity index (χ1) is 14.6. The van der Waals surface area contributed by atoms with Gasteiger partial charge >= 0.3 is 0 Å². The number of alkyl halides is 1. The summed E-state index contributed by atoms with van der Waals surface area (Å²) in [5, 5.41) is 1.55. The van der Waals surface area contributed by atoms with Gasteiger partial charge in [0.25, 0.3) is 0 Å². The van der Waals surface area contributed by atoms with E-state index in [4.69, 9.17) is 11.6 Å². The van der Waals surface area contributed by atoms with E-state index in [1.54, 1.807) is 42.5 Å². The van der Waals surface area contributed by atoms with Gasteiger partial charge in [-0.25, -0.2) is 4.39 Å². The minimum Gasteiger partial charge on any atom is -0.324 e. The van der Waals surface area contributed by atoms with Crippen molar-refractivity contribution in [2.75, 3.05) is 16.0 Å². The van der Waals surface area contributed by atoms with E-state index in [-0.39, 0.29) is 23.3 Å². The maximum atomic E-state index is 14.4. The van der Waals surface area contributed by atoms with Crippen LogP contribution in [-0.2, 0) is 9.59 Å². The molecule has 7 heteroatoms. The molecule has 1 saturated heterocycles. The standard InChI is InChI=1S/C23H18ClFN2O2S/c24-21(15-8-2-1-3-9-15)22(29)26-18-12-6-4-10-16(18)23-27(20(28)14-30-23)19-13-7-5-11-17(19)25/h1-13,21,23H,14H2,(H,26,29). The second kappa shape index (κ2) is 8.90. The Morgan fingerprint density at radius 1 is 1.03 bits per heavy atom. The molecule has 4 rings (SSSR count). The fourth-order valence-electron chi connectivity index (χ4n) is 3.36. The van der Waals surface area contributed by atoms with Crippen LogP contribution < -0.4 is 10.2 Å². The number of hydrogen-bond donors (Lipinski definition) is 1. The molecule has 0 saturated carbocycles. The number of para-hydroxylation sites is 2. The molecule has 0 radical (unpaired) electrons. The number of nitrogens with one attached hydrogen (secondary N) is 1. The molecule has 3 aromatic rings. The molecule has 0 aromatic heterocycles. The highest BCUT2D eigenvalue weighted by Crippen LogP contribution is 2.45. The summed E-state index contributed by atoms with van der Waals surface area (Å²) in [4.78, 5) is 26.8. The number of amides is 2. The van der Waals surface area contributed by atoms with Crippen molar-refractivity contribution in [3.63, 3.8) is 0 Å². The molecular formula is C23H18ClFN2O2S. The van der Waals surface area contributed by atoms with Crippen molar-refractivity contribution in [1.82, 2.24) is 0 Å². The first-order valence-corrected chi connectivity index (χ1v) is 10.8. The van der Waals surface area contributed by atoms with Gasteiger partial charge < -0.3 is 5.32 Å². The molecule has 1 aliphatic heterocycles. The molecule has 1 N–H and O–H groups in total. The topological polar surface area (TPSA) is 49.4 Å². The SMILES string of the molecule is O=C(Nc1ccccc1C1SCC(=O)N1c1ccccc1F)C(Cl)c1ccccc1. The summed E-state index contributed by atoms with van der Waals surface area (Å²) in [7, 11) is 0. The second-order valence-corrected chi connectivity index (χ2v) is 8.23. The van der Waals surface area contributed by atoms with Crippen LogP contribution in [0.1, 0.15) is 21.9 Å². The Balaban J connectivity index is 1.64. The van der Waals surface area contributed by atoms with Gasteiger partial charge in [0, 0.05) is 11.3 Å². The molecule has 3 aromatic carbocycles. The number of thioether (sulfide) groups is 1. The van der Waals surface area contributed by atoms with E-state index in [0.717, 1.165) is 0 Å². The Hall–Kier alpha value is -2.83. The van der Waals surface area contributed by atoms with Crippen molar-refractivity contribution >= 4 is 46.6 Å². The number of halogens is 2. The number of nitrogens with zero attached hydrogens (tertiary/aromatic N) is 1. The van der Waals surface area contributed by atoms with E-state index < -0.39 is 16.6 Å². The van der Waals surface area contributed by atoms with Crippen LogP contribution >= 0.6 is 23.4 Å². The molecule has 0 aliphatic carbocycles. The number of hydrogen-bond acceptors (Lipinski definition) is 3. The monoisotopic (exact) mass is 440 g/mol. The molecule has 152 valence electrons. The van der Waals surface area contributed by atoms with Crippen LogP contribution in [0.5, 0.6) is 0 Å². The van der Waals surface area contributed by atoms with Crippen LogP contribution in [0.4, 0.5) is 15.8 Å². The lowest BCUT2D eigenvalue weighted by Gasteiger charge is -2.26. The van der Waals surface area contributed by atoms with Gasteiger partial charge in [-0.15, -0.1) is 23.4 Å². The normalized spacial score (nSPS) is 17.1. The van der Waals surface area contributed by atoms with Gasteiger partial charge in [-0.1, -0.05) is 60.7 Å². The van der Waals surface area contributed by atoms with Gasteiger partial charge in [-0.3, -0.25) is 14.5 Å². The fourth-order valence-corrected chi connectivity index (χ4v) is 4.76. The van der Waals surface area contributed by atoms with Crippen LogP contribution in [0.25, 0.3) is 0 Å². The number of rotatable bonds is 5. The van der Waals surface area contributed by atoms with Gasteiger partial charge in [0.2, 0.25) is 11.8 Å². The van der Waals surface area contributed by atoms with Crippen LogP contribution in [0.2, 0.25) is 0 Å². The third-order valence-corrected chi connectivity index (χ3v) is 6.43. The van der Waals surface area contributed by atoms with Crippen molar-refractivity contribution < 1.29 is 14.0 Å². The zero-order valence-electron chi connectivity index (χ0n) is 15.8. The fraction of sp³-hybridized carbons (Fsp3) is 0.130. The van der Waals surface area contributed by atoms with E-state index in [1.165, 1.54) is 22.7 Å². The lowest BCUT2D eigenvalue weighted by atomic mass is 10.1. The lowest BCUT2D eigenvalue weighted by molar-refractivity contribution is -0.116. The Kier molecular flexibility index (Phi) is 6.06. The average molecular weight is 441 g/mol. The molecule has 2 atom stereocenters. The van der Waals surface area contributed by atoms with Gasteiger partial charge in [0.15, 0.2) is 0 Å². The number of anilines is 2. The maximum absolute atomic E-state index is 14.4. The molecule has 1 fully saturated rings. The van der Waals surface area contributed by atoms with Crippen molar-refractivity contribution in [3.8, 4) is 0 Å². The van der Waals surface area contributed by atoms with E-state index >= 15 is 0 Å². The molecule has 1 aliphatic rings. The van der Waals surface area contributed by atoms with Crippen LogP contribution in [0.3, 0.4) is 0 Å². The Labute approximate surface area is 183 Å². The second-order valence-electron chi connectivity index (χ2n) is 6.73.